The lowest BCUT2D eigenvalue weighted by Gasteiger charge is -2.27. The highest BCUT2D eigenvalue weighted by Gasteiger charge is 2.30. The first-order valence-electron chi connectivity index (χ1n) is 33.5. The number of ether oxygens (including phenoxy) is 1. The number of nitrogens with zero attached hydrogens (tertiary/aromatic N) is 1. The fourth-order valence-electron chi connectivity index (χ4n) is 9.79. The van der Waals surface area contributed by atoms with Crippen molar-refractivity contribution in [1.82, 2.24) is 5.32 Å². The lowest BCUT2D eigenvalue weighted by molar-refractivity contribution is -0.870. The van der Waals surface area contributed by atoms with E-state index < -0.39 is 20.0 Å². The van der Waals surface area contributed by atoms with E-state index in [-0.39, 0.29) is 25.1 Å². The van der Waals surface area contributed by atoms with Crippen LogP contribution in [0.1, 0.15) is 323 Å². The summed E-state index contributed by atoms with van der Waals surface area (Å²) < 4.78 is 30.7. The summed E-state index contributed by atoms with van der Waals surface area (Å²) in [7, 11) is 1.50. The molecule has 0 aliphatic heterocycles. The number of esters is 1. The van der Waals surface area contributed by atoms with Crippen molar-refractivity contribution in [3.05, 3.63) is 48.6 Å². The molecule has 10 heteroatoms. The Hall–Kier alpha value is -2.03. The minimum Gasteiger partial charge on any atom is -0.456 e. The van der Waals surface area contributed by atoms with Gasteiger partial charge in [0.2, 0.25) is 5.91 Å². The SMILES string of the molecule is CCCCC/C=C\C/C=C\CCCCCCCCCCCCCCCCCCCC(=O)OC(/C=C\CCCCCCCCCCCC)C(COP(=O)(O)OCC[N+](C)(C)C)NC(=O)CCCCC/C=C\CCCCCCCC. The monoisotopic (exact) mass is 1120 g/mol. The van der Waals surface area contributed by atoms with Crippen LogP contribution in [0.15, 0.2) is 48.6 Å². The number of phosphoric acid groups is 1. The van der Waals surface area contributed by atoms with Crippen molar-refractivity contribution in [3.63, 3.8) is 0 Å². The van der Waals surface area contributed by atoms with Gasteiger partial charge in [-0.1, -0.05) is 269 Å². The third kappa shape index (κ3) is 58.6. The summed E-state index contributed by atoms with van der Waals surface area (Å²) in [6.07, 6.45) is 72.7. The number of rotatable bonds is 61. The highest BCUT2D eigenvalue weighted by Crippen LogP contribution is 2.43. The van der Waals surface area contributed by atoms with Gasteiger partial charge in [0.25, 0.3) is 0 Å². The second-order valence-electron chi connectivity index (χ2n) is 24.0. The molecule has 0 heterocycles. The van der Waals surface area contributed by atoms with Crippen LogP contribution in [0, 0.1) is 0 Å². The van der Waals surface area contributed by atoms with E-state index in [9.17, 15) is 19.0 Å². The van der Waals surface area contributed by atoms with Crippen LogP contribution in [-0.4, -0.2) is 74.3 Å². The van der Waals surface area contributed by atoms with E-state index in [0.717, 1.165) is 77.0 Å². The van der Waals surface area contributed by atoms with Crippen LogP contribution in [0.2, 0.25) is 0 Å². The topological polar surface area (TPSA) is 111 Å². The van der Waals surface area contributed by atoms with Gasteiger partial charge in [-0.2, -0.15) is 0 Å². The third-order valence-electron chi connectivity index (χ3n) is 15.0. The molecular formula is C68H130N2O7P+. The molecule has 78 heavy (non-hydrogen) atoms. The van der Waals surface area contributed by atoms with Crippen molar-refractivity contribution < 1.29 is 37.3 Å². The summed E-state index contributed by atoms with van der Waals surface area (Å²) in [6.45, 7) is 7.00. The molecule has 0 rings (SSSR count). The summed E-state index contributed by atoms with van der Waals surface area (Å²) in [5, 5.41) is 3.05. The maximum Gasteiger partial charge on any atom is 0.472 e. The summed E-state index contributed by atoms with van der Waals surface area (Å²) >= 11 is 0. The Labute approximate surface area is 484 Å². The molecule has 0 aliphatic carbocycles. The van der Waals surface area contributed by atoms with Gasteiger partial charge in [-0.15, -0.1) is 0 Å². The van der Waals surface area contributed by atoms with E-state index >= 15 is 0 Å². The second-order valence-corrected chi connectivity index (χ2v) is 25.4. The van der Waals surface area contributed by atoms with E-state index in [0.29, 0.717) is 23.9 Å². The third-order valence-corrected chi connectivity index (χ3v) is 16.0. The van der Waals surface area contributed by atoms with E-state index in [1.165, 1.54) is 212 Å². The number of carbonyl (C=O) groups is 2. The quantitative estimate of drug-likeness (QED) is 0.0205. The zero-order valence-corrected chi connectivity index (χ0v) is 53.3. The summed E-state index contributed by atoms with van der Waals surface area (Å²) in [5.41, 5.74) is 0. The van der Waals surface area contributed by atoms with E-state index in [2.05, 4.69) is 62.5 Å². The van der Waals surface area contributed by atoms with Gasteiger partial charge in [-0.3, -0.25) is 18.6 Å². The molecule has 0 fully saturated rings. The van der Waals surface area contributed by atoms with Crippen LogP contribution < -0.4 is 5.32 Å². The first-order chi connectivity index (χ1) is 37.9. The van der Waals surface area contributed by atoms with Gasteiger partial charge >= 0.3 is 13.8 Å². The molecule has 2 N–H and O–H groups in total. The lowest BCUT2D eigenvalue weighted by atomic mass is 10.0. The fourth-order valence-corrected chi connectivity index (χ4v) is 10.5. The van der Waals surface area contributed by atoms with Gasteiger partial charge in [-0.25, -0.2) is 4.57 Å². The Morgan fingerprint density at radius 3 is 1.21 bits per heavy atom. The smallest absolute Gasteiger partial charge is 0.456 e. The molecule has 458 valence electrons. The normalized spacial score (nSPS) is 13.9. The van der Waals surface area contributed by atoms with Crippen LogP contribution in [0.25, 0.3) is 0 Å². The van der Waals surface area contributed by atoms with E-state index in [1.54, 1.807) is 0 Å². The summed E-state index contributed by atoms with van der Waals surface area (Å²) in [6, 6.07) is -0.853. The number of unbranched alkanes of at least 4 members (excludes halogenated alkanes) is 39. The number of phosphoric ester groups is 1. The molecule has 3 atom stereocenters. The van der Waals surface area contributed by atoms with Gasteiger partial charge in [0, 0.05) is 12.8 Å². The number of carbonyl (C=O) groups excluding carboxylic acids is 2. The van der Waals surface area contributed by atoms with Crippen molar-refractivity contribution in [2.75, 3.05) is 40.9 Å². The van der Waals surface area contributed by atoms with Crippen molar-refractivity contribution in [2.24, 2.45) is 0 Å². The molecule has 0 saturated heterocycles. The highest BCUT2D eigenvalue weighted by molar-refractivity contribution is 7.47. The van der Waals surface area contributed by atoms with Gasteiger partial charge in [0.15, 0.2) is 0 Å². The minimum atomic E-state index is -4.45. The van der Waals surface area contributed by atoms with Crippen molar-refractivity contribution >= 4 is 19.7 Å². The first-order valence-corrected chi connectivity index (χ1v) is 35.0. The number of allylic oxidation sites excluding steroid dienone is 7. The predicted octanol–water partition coefficient (Wildman–Crippen LogP) is 20.8. The Morgan fingerprint density at radius 2 is 0.782 bits per heavy atom. The van der Waals surface area contributed by atoms with Crippen molar-refractivity contribution in [3.8, 4) is 0 Å². The average Bonchev–Trinajstić information content (AvgIpc) is 3.40. The Bertz CT molecular complexity index is 1470. The van der Waals surface area contributed by atoms with Crippen molar-refractivity contribution in [2.45, 2.75) is 335 Å². The van der Waals surface area contributed by atoms with Crippen LogP contribution >= 0.6 is 7.82 Å². The lowest BCUT2D eigenvalue weighted by Crippen LogP contribution is -2.47. The van der Waals surface area contributed by atoms with E-state index in [1.807, 2.05) is 33.3 Å². The molecule has 0 aromatic carbocycles. The zero-order valence-electron chi connectivity index (χ0n) is 52.4. The summed E-state index contributed by atoms with van der Waals surface area (Å²) in [5.74, 6) is -0.512. The minimum absolute atomic E-state index is 0.0389. The highest BCUT2D eigenvalue weighted by atomic mass is 31.2. The molecule has 0 aliphatic rings. The molecular weight excluding hydrogens is 988 g/mol. The Balaban J connectivity index is 4.99. The molecule has 0 aromatic rings. The zero-order chi connectivity index (χ0) is 57.2. The van der Waals surface area contributed by atoms with Gasteiger partial charge in [-0.05, 0) is 89.5 Å². The average molecular weight is 1120 g/mol. The van der Waals surface area contributed by atoms with E-state index in [4.69, 9.17) is 13.8 Å². The standard InChI is InChI=1S/C68H129N2O7P/c1-7-10-13-16-19-22-25-28-29-30-31-32-33-34-35-36-37-38-39-40-41-43-46-49-52-55-58-61-68(72)77-66(59-56-53-50-47-44-27-24-21-18-15-12-9-3)65(64-76-78(73,74)75-63-62-70(4,5)6)69-67(71)60-57-54-51-48-45-42-26-23-20-17-14-11-8-2/h19,22,28-29,42,45,56,59,65-66H,7-18,20-21,23-27,30-41,43-44,46-55,57-58,60-64H2,1-6H3,(H-,69,71,73,74)/p+1/b22-19-,29-28-,45-42-,59-56-. The molecule has 0 aromatic heterocycles. The van der Waals surface area contributed by atoms with Crippen LogP contribution in [0.4, 0.5) is 0 Å². The predicted molar refractivity (Wildman–Crippen MR) is 337 cm³/mol. The summed E-state index contributed by atoms with van der Waals surface area (Å²) in [4.78, 5) is 37.7. The molecule has 9 nitrogen and oxygen atoms in total. The largest absolute Gasteiger partial charge is 0.472 e. The fraction of sp³-hybridized carbons (Fsp3) is 0.853. The first kappa shape index (κ1) is 76.0. The molecule has 1 amide bonds. The Morgan fingerprint density at radius 1 is 0.449 bits per heavy atom. The molecule has 3 unspecified atom stereocenters. The number of likely N-dealkylation sites (N-methyl/N-ethyl adjacent to an activating group) is 1. The Kier molecular flexibility index (Phi) is 56.7. The maximum atomic E-state index is 13.5. The van der Waals surface area contributed by atoms with Crippen LogP contribution in [0.5, 0.6) is 0 Å². The molecule has 0 bridgehead atoms. The van der Waals surface area contributed by atoms with Gasteiger partial charge < -0.3 is 19.4 Å². The van der Waals surface area contributed by atoms with Crippen molar-refractivity contribution in [1.29, 1.82) is 0 Å². The molecule has 0 radical (unpaired) electrons. The number of quaternary nitrogens is 1. The van der Waals surface area contributed by atoms with Crippen LogP contribution in [0.3, 0.4) is 0 Å². The number of hydrogen-bond acceptors (Lipinski definition) is 6. The maximum absolute atomic E-state index is 13.5. The number of nitrogens with one attached hydrogen (secondary N) is 1. The second kappa shape index (κ2) is 58.2. The number of amides is 1. The molecule has 0 saturated carbocycles. The van der Waals surface area contributed by atoms with Gasteiger partial charge in [0.05, 0.1) is 33.8 Å². The van der Waals surface area contributed by atoms with Gasteiger partial charge in [0.1, 0.15) is 19.3 Å². The molecule has 0 spiro atoms. The number of hydrogen-bond donors (Lipinski definition) is 2. The van der Waals surface area contributed by atoms with Crippen LogP contribution in [-0.2, 0) is 27.9 Å².